The topological polar surface area (TPSA) is 41.1 Å². The number of amides is 1. The van der Waals surface area contributed by atoms with Crippen LogP contribution in [0.2, 0.25) is 0 Å². The summed E-state index contributed by atoms with van der Waals surface area (Å²) in [6.45, 7) is 3.19. The molecule has 1 amide bonds. The lowest BCUT2D eigenvalue weighted by Gasteiger charge is -2.31. The summed E-state index contributed by atoms with van der Waals surface area (Å²) >= 11 is 0. The fourth-order valence-electron chi connectivity index (χ4n) is 2.96. The molecular formula is C13H24N2O. The smallest absolute Gasteiger partial charge is 0.224 e. The van der Waals surface area contributed by atoms with Gasteiger partial charge >= 0.3 is 0 Å². The van der Waals surface area contributed by atoms with Crippen molar-refractivity contribution in [3.05, 3.63) is 0 Å². The normalized spacial score (nSPS) is 32.3. The number of carbonyl (C=O) groups excluding carboxylic acids is 1. The summed E-state index contributed by atoms with van der Waals surface area (Å²) in [4.78, 5) is 12.1. The first-order chi connectivity index (χ1) is 7.77. The second kappa shape index (κ2) is 5.67. The Balaban J connectivity index is 1.81. The van der Waals surface area contributed by atoms with E-state index in [9.17, 15) is 4.79 Å². The van der Waals surface area contributed by atoms with Gasteiger partial charge in [-0.3, -0.25) is 4.79 Å². The predicted octanol–water partition coefficient (Wildman–Crippen LogP) is 1.82. The molecule has 2 N–H and O–H groups in total. The van der Waals surface area contributed by atoms with E-state index in [0.29, 0.717) is 12.1 Å². The van der Waals surface area contributed by atoms with Crippen molar-refractivity contribution in [2.24, 2.45) is 5.92 Å². The largest absolute Gasteiger partial charge is 0.353 e. The van der Waals surface area contributed by atoms with E-state index in [0.717, 1.165) is 19.4 Å². The Morgan fingerprint density at radius 1 is 1.12 bits per heavy atom. The maximum absolute atomic E-state index is 12.1. The molecule has 92 valence electrons. The van der Waals surface area contributed by atoms with Crippen molar-refractivity contribution >= 4 is 5.91 Å². The van der Waals surface area contributed by atoms with Gasteiger partial charge in [0, 0.05) is 12.1 Å². The summed E-state index contributed by atoms with van der Waals surface area (Å²) in [6, 6.07) is 0.799. The zero-order valence-corrected chi connectivity index (χ0v) is 10.3. The van der Waals surface area contributed by atoms with Gasteiger partial charge in [0.15, 0.2) is 0 Å². The average Bonchev–Trinajstić information content (AvgIpc) is 2.31. The number of carbonyl (C=O) groups is 1. The summed E-state index contributed by atoms with van der Waals surface area (Å²) in [7, 11) is 0. The van der Waals surface area contributed by atoms with E-state index in [-0.39, 0.29) is 11.8 Å². The maximum atomic E-state index is 12.1. The third-order valence-corrected chi connectivity index (χ3v) is 4.05. The molecule has 1 saturated carbocycles. The highest BCUT2D eigenvalue weighted by Gasteiger charge is 2.28. The van der Waals surface area contributed by atoms with Crippen LogP contribution >= 0.6 is 0 Å². The third kappa shape index (κ3) is 2.97. The minimum absolute atomic E-state index is 0.190. The SMILES string of the molecule is CC1NCCCC1C(=O)NC1CCCCC1. The van der Waals surface area contributed by atoms with Gasteiger partial charge in [-0.2, -0.15) is 0 Å². The van der Waals surface area contributed by atoms with Crippen molar-refractivity contribution in [2.75, 3.05) is 6.54 Å². The quantitative estimate of drug-likeness (QED) is 0.751. The van der Waals surface area contributed by atoms with Crippen molar-refractivity contribution in [3.8, 4) is 0 Å². The first kappa shape index (κ1) is 11.9. The minimum Gasteiger partial charge on any atom is -0.353 e. The molecule has 1 aliphatic carbocycles. The highest BCUT2D eigenvalue weighted by atomic mass is 16.2. The van der Waals surface area contributed by atoms with Crippen molar-refractivity contribution in [2.45, 2.75) is 64.0 Å². The van der Waals surface area contributed by atoms with Crippen LogP contribution in [0.5, 0.6) is 0 Å². The lowest BCUT2D eigenvalue weighted by Crippen LogP contribution is -2.49. The van der Waals surface area contributed by atoms with Crippen LogP contribution in [0.3, 0.4) is 0 Å². The van der Waals surface area contributed by atoms with Gasteiger partial charge in [-0.05, 0) is 39.2 Å². The van der Waals surface area contributed by atoms with Crippen LogP contribution in [0.4, 0.5) is 0 Å². The first-order valence-electron chi connectivity index (χ1n) is 6.81. The van der Waals surface area contributed by atoms with Crippen LogP contribution in [0.25, 0.3) is 0 Å². The van der Waals surface area contributed by atoms with Gasteiger partial charge in [0.25, 0.3) is 0 Å². The first-order valence-corrected chi connectivity index (χ1v) is 6.81. The lowest BCUT2D eigenvalue weighted by atomic mass is 9.89. The van der Waals surface area contributed by atoms with E-state index in [1.54, 1.807) is 0 Å². The van der Waals surface area contributed by atoms with Gasteiger partial charge in [-0.15, -0.1) is 0 Å². The minimum atomic E-state index is 0.190. The van der Waals surface area contributed by atoms with Crippen molar-refractivity contribution in [1.29, 1.82) is 0 Å². The molecular weight excluding hydrogens is 200 g/mol. The molecule has 0 aromatic heterocycles. The molecule has 0 spiro atoms. The van der Waals surface area contributed by atoms with E-state index in [2.05, 4.69) is 17.6 Å². The molecule has 2 fully saturated rings. The number of piperidine rings is 1. The zero-order chi connectivity index (χ0) is 11.4. The van der Waals surface area contributed by atoms with Crippen molar-refractivity contribution in [3.63, 3.8) is 0 Å². The van der Waals surface area contributed by atoms with Gasteiger partial charge in [0.2, 0.25) is 5.91 Å². The number of rotatable bonds is 2. The maximum Gasteiger partial charge on any atom is 0.224 e. The number of nitrogens with one attached hydrogen (secondary N) is 2. The van der Waals surface area contributed by atoms with Gasteiger partial charge in [-0.1, -0.05) is 19.3 Å². The molecule has 1 aliphatic heterocycles. The summed E-state index contributed by atoms with van der Waals surface area (Å²) in [5.74, 6) is 0.474. The highest BCUT2D eigenvalue weighted by molar-refractivity contribution is 5.79. The predicted molar refractivity (Wildman–Crippen MR) is 65.2 cm³/mol. The van der Waals surface area contributed by atoms with Crippen molar-refractivity contribution in [1.82, 2.24) is 10.6 Å². The Labute approximate surface area is 98.4 Å². The van der Waals surface area contributed by atoms with Crippen LogP contribution in [0.15, 0.2) is 0 Å². The molecule has 0 aromatic rings. The molecule has 3 heteroatoms. The van der Waals surface area contributed by atoms with Crippen LogP contribution in [0, 0.1) is 5.92 Å². The fraction of sp³-hybridized carbons (Fsp3) is 0.923. The third-order valence-electron chi connectivity index (χ3n) is 4.05. The number of hydrogen-bond acceptors (Lipinski definition) is 2. The second-order valence-electron chi connectivity index (χ2n) is 5.34. The van der Waals surface area contributed by atoms with Crippen molar-refractivity contribution < 1.29 is 4.79 Å². The van der Waals surface area contributed by atoms with Crippen LogP contribution in [0.1, 0.15) is 51.9 Å². The summed E-state index contributed by atoms with van der Waals surface area (Å²) in [5.41, 5.74) is 0. The monoisotopic (exact) mass is 224 g/mol. The standard InChI is InChI=1S/C13H24N2O/c1-10-12(8-5-9-14-10)13(16)15-11-6-3-2-4-7-11/h10-12,14H,2-9H2,1H3,(H,15,16). The van der Waals surface area contributed by atoms with Crippen LogP contribution < -0.4 is 10.6 Å². The lowest BCUT2D eigenvalue weighted by molar-refractivity contribution is -0.127. The molecule has 1 saturated heterocycles. The molecule has 2 atom stereocenters. The van der Waals surface area contributed by atoms with Crippen LogP contribution in [-0.2, 0) is 4.79 Å². The Morgan fingerprint density at radius 2 is 1.88 bits per heavy atom. The summed E-state index contributed by atoms with van der Waals surface area (Å²) < 4.78 is 0. The van der Waals surface area contributed by atoms with E-state index >= 15 is 0 Å². The number of hydrogen-bond donors (Lipinski definition) is 2. The Morgan fingerprint density at radius 3 is 2.56 bits per heavy atom. The molecule has 3 nitrogen and oxygen atoms in total. The molecule has 0 radical (unpaired) electrons. The molecule has 1 heterocycles. The highest BCUT2D eigenvalue weighted by Crippen LogP contribution is 2.20. The van der Waals surface area contributed by atoms with E-state index < -0.39 is 0 Å². The van der Waals surface area contributed by atoms with E-state index in [1.165, 1.54) is 32.1 Å². The molecule has 2 aliphatic rings. The van der Waals surface area contributed by atoms with Crippen LogP contribution in [-0.4, -0.2) is 24.5 Å². The Hall–Kier alpha value is -0.570. The molecule has 0 bridgehead atoms. The summed E-state index contributed by atoms with van der Waals surface area (Å²) in [5, 5.41) is 6.63. The summed E-state index contributed by atoms with van der Waals surface area (Å²) in [6.07, 6.45) is 8.45. The molecule has 0 aromatic carbocycles. The van der Waals surface area contributed by atoms with Gasteiger partial charge in [-0.25, -0.2) is 0 Å². The molecule has 2 unspecified atom stereocenters. The Kier molecular flexibility index (Phi) is 4.22. The molecule has 16 heavy (non-hydrogen) atoms. The van der Waals surface area contributed by atoms with Gasteiger partial charge in [0.05, 0.1) is 5.92 Å². The van der Waals surface area contributed by atoms with Gasteiger partial charge < -0.3 is 10.6 Å². The molecule has 2 rings (SSSR count). The van der Waals surface area contributed by atoms with Gasteiger partial charge in [0.1, 0.15) is 0 Å². The zero-order valence-electron chi connectivity index (χ0n) is 10.3. The van der Waals surface area contributed by atoms with E-state index in [4.69, 9.17) is 0 Å². The Bertz CT molecular complexity index is 236. The van der Waals surface area contributed by atoms with E-state index in [1.807, 2.05) is 0 Å². The fourth-order valence-corrected chi connectivity index (χ4v) is 2.96. The average molecular weight is 224 g/mol. The second-order valence-corrected chi connectivity index (χ2v) is 5.34.